The molecule has 0 unspecified atom stereocenters. The molecule has 0 bridgehead atoms. The number of thiophene rings is 1. The molecule has 3 aromatic carbocycles. The van der Waals surface area contributed by atoms with Crippen LogP contribution in [0.15, 0.2) is 65.6 Å². The SMILES string of the molecule is CSc1cc2cc3sc(-c4ccccc4)cc3cc2cc1O. The van der Waals surface area contributed by atoms with Gasteiger partial charge < -0.3 is 5.11 Å². The van der Waals surface area contributed by atoms with Crippen LogP contribution >= 0.6 is 23.1 Å². The van der Waals surface area contributed by atoms with E-state index in [9.17, 15) is 5.11 Å². The summed E-state index contributed by atoms with van der Waals surface area (Å²) in [5.74, 6) is 0.359. The van der Waals surface area contributed by atoms with Crippen molar-refractivity contribution >= 4 is 44.0 Å². The molecular formula is C19H14OS2. The molecule has 4 rings (SSSR count). The van der Waals surface area contributed by atoms with E-state index in [0.29, 0.717) is 5.75 Å². The van der Waals surface area contributed by atoms with Gasteiger partial charge in [0, 0.05) is 14.5 Å². The van der Waals surface area contributed by atoms with E-state index < -0.39 is 0 Å². The van der Waals surface area contributed by atoms with Gasteiger partial charge in [0.15, 0.2) is 0 Å². The minimum absolute atomic E-state index is 0.359. The minimum Gasteiger partial charge on any atom is -0.507 e. The predicted octanol–water partition coefficient (Wildman–Crippen LogP) is 6.15. The van der Waals surface area contributed by atoms with Gasteiger partial charge in [-0.25, -0.2) is 0 Å². The van der Waals surface area contributed by atoms with Crippen molar-refractivity contribution in [3.8, 4) is 16.2 Å². The van der Waals surface area contributed by atoms with Crippen LogP contribution in [0.5, 0.6) is 5.75 Å². The van der Waals surface area contributed by atoms with E-state index in [1.165, 1.54) is 25.9 Å². The van der Waals surface area contributed by atoms with E-state index >= 15 is 0 Å². The third-order valence-electron chi connectivity index (χ3n) is 3.83. The quantitative estimate of drug-likeness (QED) is 0.447. The van der Waals surface area contributed by atoms with Crippen molar-refractivity contribution in [3.63, 3.8) is 0 Å². The zero-order valence-electron chi connectivity index (χ0n) is 12.0. The number of phenols is 1. The van der Waals surface area contributed by atoms with Crippen molar-refractivity contribution < 1.29 is 5.11 Å². The zero-order valence-corrected chi connectivity index (χ0v) is 13.7. The molecule has 1 aromatic heterocycles. The summed E-state index contributed by atoms with van der Waals surface area (Å²) in [6.45, 7) is 0. The lowest BCUT2D eigenvalue weighted by molar-refractivity contribution is 0.463. The van der Waals surface area contributed by atoms with Gasteiger partial charge in [-0.05, 0) is 58.3 Å². The average molecular weight is 322 g/mol. The van der Waals surface area contributed by atoms with Crippen molar-refractivity contribution in [1.29, 1.82) is 0 Å². The minimum atomic E-state index is 0.359. The number of aromatic hydroxyl groups is 1. The fraction of sp³-hybridized carbons (Fsp3) is 0.0526. The van der Waals surface area contributed by atoms with Crippen LogP contribution in [0, 0.1) is 0 Å². The number of fused-ring (bicyclic) bond motifs is 2. The number of hydrogen-bond acceptors (Lipinski definition) is 3. The van der Waals surface area contributed by atoms with Gasteiger partial charge in [0.2, 0.25) is 0 Å². The lowest BCUT2D eigenvalue weighted by Crippen LogP contribution is -1.77. The van der Waals surface area contributed by atoms with Crippen molar-refractivity contribution in [2.75, 3.05) is 6.26 Å². The molecule has 0 saturated heterocycles. The van der Waals surface area contributed by atoms with Gasteiger partial charge in [-0.1, -0.05) is 30.3 Å². The second-order valence-corrected chi connectivity index (χ2v) is 7.17. The van der Waals surface area contributed by atoms with E-state index in [1.807, 2.05) is 29.7 Å². The molecular weight excluding hydrogens is 308 g/mol. The highest BCUT2D eigenvalue weighted by molar-refractivity contribution is 7.98. The van der Waals surface area contributed by atoms with E-state index in [1.54, 1.807) is 11.8 Å². The summed E-state index contributed by atoms with van der Waals surface area (Å²) in [6, 6.07) is 21.0. The Morgan fingerprint density at radius 1 is 0.864 bits per heavy atom. The Balaban J connectivity index is 1.94. The molecule has 22 heavy (non-hydrogen) atoms. The molecule has 108 valence electrons. The summed E-state index contributed by atoms with van der Waals surface area (Å²) >= 11 is 3.38. The van der Waals surface area contributed by atoms with Crippen LogP contribution in [-0.2, 0) is 0 Å². The lowest BCUT2D eigenvalue weighted by Gasteiger charge is -2.04. The Labute approximate surface area is 137 Å². The van der Waals surface area contributed by atoms with Gasteiger partial charge in [0.25, 0.3) is 0 Å². The van der Waals surface area contributed by atoms with Crippen molar-refractivity contribution in [3.05, 3.63) is 60.7 Å². The number of benzene rings is 3. The largest absolute Gasteiger partial charge is 0.507 e. The molecule has 0 saturated carbocycles. The molecule has 0 fully saturated rings. The lowest BCUT2D eigenvalue weighted by atomic mass is 10.1. The van der Waals surface area contributed by atoms with Crippen LogP contribution in [0.2, 0.25) is 0 Å². The summed E-state index contributed by atoms with van der Waals surface area (Å²) in [4.78, 5) is 2.20. The molecule has 1 N–H and O–H groups in total. The maximum Gasteiger partial charge on any atom is 0.129 e. The molecule has 1 heterocycles. The number of rotatable bonds is 2. The van der Waals surface area contributed by atoms with Gasteiger partial charge in [0.05, 0.1) is 0 Å². The van der Waals surface area contributed by atoms with Gasteiger partial charge in [-0.3, -0.25) is 0 Å². The summed E-state index contributed by atoms with van der Waals surface area (Å²) in [5, 5.41) is 13.5. The molecule has 0 aliphatic carbocycles. The molecule has 3 heteroatoms. The Morgan fingerprint density at radius 3 is 2.41 bits per heavy atom. The summed E-state index contributed by atoms with van der Waals surface area (Å²) in [5.41, 5.74) is 1.25. The maximum atomic E-state index is 10.0. The number of hydrogen-bond donors (Lipinski definition) is 1. The highest BCUT2D eigenvalue weighted by atomic mass is 32.2. The highest BCUT2D eigenvalue weighted by Gasteiger charge is 2.08. The fourth-order valence-corrected chi connectivity index (χ4v) is 4.32. The van der Waals surface area contributed by atoms with Crippen LogP contribution in [0.25, 0.3) is 31.3 Å². The van der Waals surface area contributed by atoms with Crippen LogP contribution in [0.3, 0.4) is 0 Å². The third kappa shape index (κ3) is 2.27. The first-order chi connectivity index (χ1) is 10.7. The predicted molar refractivity (Wildman–Crippen MR) is 98.2 cm³/mol. The molecule has 0 amide bonds. The number of phenolic OH excluding ortho intramolecular Hbond substituents is 1. The van der Waals surface area contributed by atoms with Crippen LogP contribution in [0.4, 0.5) is 0 Å². The first kappa shape index (κ1) is 13.7. The molecule has 0 atom stereocenters. The summed E-state index contributed by atoms with van der Waals surface area (Å²) in [7, 11) is 0. The highest BCUT2D eigenvalue weighted by Crippen LogP contribution is 2.38. The second-order valence-electron chi connectivity index (χ2n) is 5.24. The Bertz CT molecular complexity index is 971. The van der Waals surface area contributed by atoms with Gasteiger partial charge in [-0.2, -0.15) is 0 Å². The van der Waals surface area contributed by atoms with E-state index in [0.717, 1.165) is 10.3 Å². The first-order valence-electron chi connectivity index (χ1n) is 7.04. The molecule has 0 aliphatic rings. The normalized spacial score (nSPS) is 11.3. The van der Waals surface area contributed by atoms with Crippen LogP contribution < -0.4 is 0 Å². The second kappa shape index (κ2) is 5.34. The van der Waals surface area contributed by atoms with E-state index in [2.05, 4.69) is 48.5 Å². The molecule has 0 spiro atoms. The van der Waals surface area contributed by atoms with Gasteiger partial charge in [0.1, 0.15) is 5.75 Å². The number of thioether (sulfide) groups is 1. The maximum absolute atomic E-state index is 10.0. The zero-order chi connectivity index (χ0) is 15.1. The van der Waals surface area contributed by atoms with Crippen LogP contribution in [-0.4, -0.2) is 11.4 Å². The molecule has 1 nitrogen and oxygen atoms in total. The standard InChI is InChI=1S/C19H14OS2/c1-21-19-10-14-9-18-15(7-13(14)8-16(19)20)11-17(22-18)12-5-3-2-4-6-12/h2-11,20H,1H3. The fourth-order valence-electron chi connectivity index (χ4n) is 2.71. The van der Waals surface area contributed by atoms with Gasteiger partial charge >= 0.3 is 0 Å². The van der Waals surface area contributed by atoms with E-state index in [-0.39, 0.29) is 0 Å². The summed E-state index contributed by atoms with van der Waals surface area (Å²) in [6.07, 6.45) is 1.98. The van der Waals surface area contributed by atoms with Crippen molar-refractivity contribution in [2.24, 2.45) is 0 Å². The van der Waals surface area contributed by atoms with Gasteiger partial charge in [-0.15, -0.1) is 23.1 Å². The summed E-state index contributed by atoms with van der Waals surface area (Å²) < 4.78 is 1.28. The Kier molecular flexibility index (Phi) is 3.32. The van der Waals surface area contributed by atoms with Crippen molar-refractivity contribution in [1.82, 2.24) is 0 Å². The monoisotopic (exact) mass is 322 g/mol. The Morgan fingerprint density at radius 2 is 1.64 bits per heavy atom. The first-order valence-corrected chi connectivity index (χ1v) is 9.08. The topological polar surface area (TPSA) is 20.2 Å². The Hall–Kier alpha value is -1.97. The smallest absolute Gasteiger partial charge is 0.129 e. The van der Waals surface area contributed by atoms with E-state index in [4.69, 9.17) is 0 Å². The molecule has 0 radical (unpaired) electrons. The molecule has 0 aliphatic heterocycles. The van der Waals surface area contributed by atoms with Crippen LogP contribution in [0.1, 0.15) is 0 Å². The average Bonchev–Trinajstić information content (AvgIpc) is 2.96. The van der Waals surface area contributed by atoms with Crippen molar-refractivity contribution in [2.45, 2.75) is 4.90 Å². The molecule has 4 aromatic rings. The third-order valence-corrected chi connectivity index (χ3v) is 5.75.